The fraction of sp³-hybridized carbons (Fsp3) is 0.667. The Labute approximate surface area is 102 Å². The van der Waals surface area contributed by atoms with Crippen LogP contribution in [0.5, 0.6) is 0 Å². The van der Waals surface area contributed by atoms with Gasteiger partial charge in [-0.1, -0.05) is 0 Å². The molecule has 1 atom stereocenters. The van der Waals surface area contributed by atoms with Crippen LogP contribution in [0.4, 0.5) is 0 Å². The Bertz CT molecular complexity index is 292. The summed E-state index contributed by atoms with van der Waals surface area (Å²) in [6, 6.07) is 3.63. The quantitative estimate of drug-likeness (QED) is 0.710. The molecule has 0 aliphatic heterocycles. The Hall–Kier alpha value is -0.880. The maximum atomic E-state index is 9.58. The van der Waals surface area contributed by atoms with Crippen molar-refractivity contribution in [2.75, 3.05) is 13.2 Å². The van der Waals surface area contributed by atoms with Crippen molar-refractivity contribution < 1.29 is 19.1 Å². The third-order valence-electron chi connectivity index (χ3n) is 1.83. The molecule has 1 unspecified atom stereocenters. The van der Waals surface area contributed by atoms with Gasteiger partial charge in [0, 0.05) is 6.54 Å². The number of rotatable bonds is 7. The Morgan fingerprint density at radius 2 is 2.24 bits per heavy atom. The number of hydrogen-bond acceptors (Lipinski definition) is 5. The van der Waals surface area contributed by atoms with Crippen LogP contribution in [0.15, 0.2) is 22.8 Å². The van der Waals surface area contributed by atoms with E-state index in [9.17, 15) is 5.11 Å². The molecule has 1 heterocycles. The SMILES string of the molecule is CC(C)(C)ONCC(O)COCc1ccco1. The summed E-state index contributed by atoms with van der Waals surface area (Å²) in [5.74, 6) is 0.746. The van der Waals surface area contributed by atoms with Crippen molar-refractivity contribution in [3.63, 3.8) is 0 Å². The highest BCUT2D eigenvalue weighted by molar-refractivity contribution is 4.96. The summed E-state index contributed by atoms with van der Waals surface area (Å²) in [4.78, 5) is 5.27. The van der Waals surface area contributed by atoms with E-state index in [0.29, 0.717) is 13.2 Å². The number of furan rings is 1. The largest absolute Gasteiger partial charge is 0.467 e. The number of ether oxygens (including phenoxy) is 1. The molecule has 0 fully saturated rings. The normalized spacial score (nSPS) is 13.9. The monoisotopic (exact) mass is 243 g/mol. The molecule has 2 N–H and O–H groups in total. The van der Waals surface area contributed by atoms with E-state index >= 15 is 0 Å². The summed E-state index contributed by atoms with van der Waals surface area (Å²) < 4.78 is 10.4. The van der Waals surface area contributed by atoms with Crippen LogP contribution >= 0.6 is 0 Å². The van der Waals surface area contributed by atoms with Gasteiger partial charge in [0.05, 0.1) is 24.6 Å². The van der Waals surface area contributed by atoms with Gasteiger partial charge < -0.3 is 14.3 Å². The van der Waals surface area contributed by atoms with Gasteiger partial charge >= 0.3 is 0 Å². The van der Waals surface area contributed by atoms with Crippen LogP contribution in [-0.4, -0.2) is 30.0 Å². The van der Waals surface area contributed by atoms with Gasteiger partial charge in [-0.05, 0) is 32.9 Å². The van der Waals surface area contributed by atoms with Crippen molar-refractivity contribution in [3.05, 3.63) is 24.2 Å². The van der Waals surface area contributed by atoms with Crippen molar-refractivity contribution >= 4 is 0 Å². The van der Waals surface area contributed by atoms with Gasteiger partial charge in [0.2, 0.25) is 0 Å². The second-order valence-corrected chi connectivity index (χ2v) is 4.81. The molecule has 1 aromatic rings. The van der Waals surface area contributed by atoms with E-state index in [1.165, 1.54) is 0 Å². The lowest BCUT2D eigenvalue weighted by Gasteiger charge is -2.20. The van der Waals surface area contributed by atoms with E-state index in [1.54, 1.807) is 12.3 Å². The summed E-state index contributed by atoms with van der Waals surface area (Å²) in [6.45, 7) is 6.72. The molecule has 0 spiro atoms. The molecule has 0 amide bonds. The van der Waals surface area contributed by atoms with Crippen LogP contribution in [0.3, 0.4) is 0 Å². The lowest BCUT2D eigenvalue weighted by molar-refractivity contribution is -0.0903. The maximum absolute atomic E-state index is 9.58. The Balaban J connectivity index is 2.03. The maximum Gasteiger partial charge on any atom is 0.129 e. The summed E-state index contributed by atoms with van der Waals surface area (Å²) >= 11 is 0. The van der Waals surface area contributed by atoms with E-state index in [-0.39, 0.29) is 12.2 Å². The minimum atomic E-state index is -0.604. The van der Waals surface area contributed by atoms with E-state index < -0.39 is 6.10 Å². The van der Waals surface area contributed by atoms with Gasteiger partial charge in [0.1, 0.15) is 12.4 Å². The van der Waals surface area contributed by atoms with Crippen molar-refractivity contribution in [1.82, 2.24) is 5.48 Å². The molecule has 5 heteroatoms. The van der Waals surface area contributed by atoms with Gasteiger partial charge in [0.25, 0.3) is 0 Å². The minimum absolute atomic E-state index is 0.237. The molecule has 17 heavy (non-hydrogen) atoms. The third kappa shape index (κ3) is 7.12. The highest BCUT2D eigenvalue weighted by Gasteiger charge is 2.11. The summed E-state index contributed by atoms with van der Waals surface area (Å²) in [5.41, 5.74) is 2.45. The molecule has 1 rings (SSSR count). The molecular weight excluding hydrogens is 222 g/mol. The number of nitrogens with one attached hydrogen (secondary N) is 1. The fourth-order valence-electron chi connectivity index (χ4n) is 1.10. The third-order valence-corrected chi connectivity index (χ3v) is 1.83. The highest BCUT2D eigenvalue weighted by Crippen LogP contribution is 2.04. The molecule has 98 valence electrons. The van der Waals surface area contributed by atoms with E-state index in [2.05, 4.69) is 5.48 Å². The first-order chi connectivity index (χ1) is 7.97. The van der Waals surface area contributed by atoms with Crippen molar-refractivity contribution in [2.24, 2.45) is 0 Å². The Morgan fingerprint density at radius 3 is 2.82 bits per heavy atom. The Morgan fingerprint density at radius 1 is 1.47 bits per heavy atom. The van der Waals surface area contributed by atoms with Gasteiger partial charge in [-0.2, -0.15) is 5.48 Å². The second kappa shape index (κ2) is 6.76. The number of hydrogen-bond donors (Lipinski definition) is 2. The van der Waals surface area contributed by atoms with Crippen LogP contribution < -0.4 is 5.48 Å². The topological polar surface area (TPSA) is 63.9 Å². The summed E-state index contributed by atoms with van der Waals surface area (Å²) in [5, 5.41) is 9.58. The standard InChI is InChI=1S/C12H21NO4/c1-12(2,3)17-13-7-10(14)8-15-9-11-5-4-6-16-11/h4-6,10,13-14H,7-9H2,1-3H3. The van der Waals surface area contributed by atoms with Crippen molar-refractivity contribution in [3.8, 4) is 0 Å². The van der Waals surface area contributed by atoms with Crippen LogP contribution in [-0.2, 0) is 16.2 Å². The van der Waals surface area contributed by atoms with E-state index in [4.69, 9.17) is 14.0 Å². The zero-order chi connectivity index (χ0) is 12.7. The molecule has 0 bridgehead atoms. The second-order valence-electron chi connectivity index (χ2n) is 4.81. The molecule has 0 aromatic carbocycles. The van der Waals surface area contributed by atoms with Gasteiger partial charge in [-0.3, -0.25) is 4.84 Å². The van der Waals surface area contributed by atoms with Crippen molar-refractivity contribution in [1.29, 1.82) is 0 Å². The first-order valence-electron chi connectivity index (χ1n) is 5.66. The fourth-order valence-corrected chi connectivity index (χ4v) is 1.10. The number of aliphatic hydroxyl groups excluding tert-OH is 1. The molecule has 5 nitrogen and oxygen atoms in total. The zero-order valence-corrected chi connectivity index (χ0v) is 10.6. The predicted molar refractivity (Wildman–Crippen MR) is 63.2 cm³/mol. The smallest absolute Gasteiger partial charge is 0.129 e. The molecule has 0 saturated heterocycles. The van der Waals surface area contributed by atoms with Gasteiger partial charge in [-0.25, -0.2) is 0 Å². The number of hydroxylamine groups is 1. The molecule has 0 saturated carbocycles. The molecule has 0 aliphatic rings. The van der Waals surface area contributed by atoms with Crippen molar-refractivity contribution in [2.45, 2.75) is 39.1 Å². The van der Waals surface area contributed by atoms with Crippen LogP contribution in [0.25, 0.3) is 0 Å². The molecular formula is C12H21NO4. The van der Waals surface area contributed by atoms with E-state index in [1.807, 2.05) is 26.8 Å². The summed E-state index contributed by atoms with van der Waals surface area (Å²) in [7, 11) is 0. The average molecular weight is 243 g/mol. The number of aliphatic hydroxyl groups is 1. The average Bonchev–Trinajstić information content (AvgIpc) is 2.68. The lowest BCUT2D eigenvalue weighted by atomic mass is 10.2. The summed E-state index contributed by atoms with van der Waals surface area (Å²) in [6.07, 6.45) is 0.987. The minimum Gasteiger partial charge on any atom is -0.467 e. The Kier molecular flexibility index (Phi) is 5.64. The van der Waals surface area contributed by atoms with Crippen LogP contribution in [0.2, 0.25) is 0 Å². The highest BCUT2D eigenvalue weighted by atomic mass is 16.7. The molecule has 1 aromatic heterocycles. The lowest BCUT2D eigenvalue weighted by Crippen LogP contribution is -2.36. The molecule has 0 radical (unpaired) electrons. The predicted octanol–water partition coefficient (Wildman–Crippen LogP) is 1.48. The van der Waals surface area contributed by atoms with Gasteiger partial charge in [-0.15, -0.1) is 0 Å². The van der Waals surface area contributed by atoms with Crippen LogP contribution in [0, 0.1) is 0 Å². The van der Waals surface area contributed by atoms with Crippen LogP contribution in [0.1, 0.15) is 26.5 Å². The van der Waals surface area contributed by atoms with Gasteiger partial charge in [0.15, 0.2) is 0 Å². The first kappa shape index (κ1) is 14.2. The molecule has 0 aliphatic carbocycles. The zero-order valence-electron chi connectivity index (χ0n) is 10.6. The van der Waals surface area contributed by atoms with E-state index in [0.717, 1.165) is 5.76 Å². The first-order valence-corrected chi connectivity index (χ1v) is 5.66.